The molecule has 1 fully saturated rings. The zero-order valence-electron chi connectivity index (χ0n) is 14.4. The average molecular weight is 319 g/mol. The van der Waals surface area contributed by atoms with Gasteiger partial charge in [-0.3, -0.25) is 4.90 Å². The van der Waals surface area contributed by atoms with Crippen LogP contribution in [0.5, 0.6) is 0 Å². The van der Waals surface area contributed by atoms with Crippen LogP contribution in [0.3, 0.4) is 0 Å². The molecule has 2 aromatic rings. The summed E-state index contributed by atoms with van der Waals surface area (Å²) in [6.07, 6.45) is 1.17. The third-order valence-electron chi connectivity index (χ3n) is 4.96. The van der Waals surface area contributed by atoms with Crippen LogP contribution in [0, 0.1) is 11.3 Å². The fraction of sp³-hybridized carbons (Fsp3) is 0.381. The summed E-state index contributed by atoms with van der Waals surface area (Å²) < 4.78 is 0. The fourth-order valence-corrected chi connectivity index (χ4v) is 3.55. The molecule has 1 saturated heterocycles. The average Bonchev–Trinajstić information content (AvgIpc) is 2.95. The van der Waals surface area contributed by atoms with Gasteiger partial charge in [0.15, 0.2) is 0 Å². The van der Waals surface area contributed by atoms with Crippen molar-refractivity contribution < 1.29 is 0 Å². The maximum absolute atomic E-state index is 8.91. The highest BCUT2D eigenvalue weighted by Gasteiger charge is 2.29. The quantitative estimate of drug-likeness (QED) is 0.909. The Labute approximate surface area is 144 Å². The van der Waals surface area contributed by atoms with E-state index in [4.69, 9.17) is 5.26 Å². The first-order valence-electron chi connectivity index (χ1n) is 8.70. The van der Waals surface area contributed by atoms with E-state index in [9.17, 15) is 0 Å². The van der Waals surface area contributed by atoms with Gasteiger partial charge in [0.2, 0.25) is 0 Å². The number of nitriles is 1. The molecule has 0 aromatic heterocycles. The lowest BCUT2D eigenvalue weighted by Gasteiger charge is -2.22. The lowest BCUT2D eigenvalue weighted by Crippen LogP contribution is -2.34. The lowest BCUT2D eigenvalue weighted by atomic mass is 10.0. The summed E-state index contributed by atoms with van der Waals surface area (Å²) in [7, 11) is 0. The second-order valence-corrected chi connectivity index (χ2v) is 6.82. The van der Waals surface area contributed by atoms with Crippen molar-refractivity contribution in [3.63, 3.8) is 0 Å². The van der Waals surface area contributed by atoms with Crippen LogP contribution in [0.25, 0.3) is 0 Å². The third-order valence-corrected chi connectivity index (χ3v) is 4.96. The number of hydrogen-bond donors (Lipinski definition) is 1. The van der Waals surface area contributed by atoms with Gasteiger partial charge in [0.25, 0.3) is 0 Å². The molecule has 24 heavy (non-hydrogen) atoms. The number of rotatable bonds is 5. The van der Waals surface area contributed by atoms with E-state index < -0.39 is 0 Å². The Balaban J connectivity index is 1.57. The summed E-state index contributed by atoms with van der Waals surface area (Å²) in [4.78, 5) is 2.55. The highest BCUT2D eigenvalue weighted by Crippen LogP contribution is 2.23. The Bertz CT molecular complexity index is 687. The number of nitrogens with one attached hydrogen (secondary N) is 1. The van der Waals surface area contributed by atoms with E-state index in [1.54, 1.807) is 0 Å². The van der Waals surface area contributed by atoms with E-state index >= 15 is 0 Å². The zero-order valence-corrected chi connectivity index (χ0v) is 14.4. The predicted molar refractivity (Wildman–Crippen MR) is 97.4 cm³/mol. The number of benzene rings is 2. The summed E-state index contributed by atoms with van der Waals surface area (Å²) in [5.74, 6) is 0. The number of hydrogen-bond acceptors (Lipinski definition) is 3. The molecule has 1 aliphatic rings. The van der Waals surface area contributed by atoms with Crippen LogP contribution >= 0.6 is 0 Å². The molecule has 0 aliphatic carbocycles. The first-order valence-corrected chi connectivity index (χ1v) is 8.70. The first kappa shape index (κ1) is 16.7. The van der Waals surface area contributed by atoms with Gasteiger partial charge in [0.1, 0.15) is 0 Å². The molecule has 3 heteroatoms. The molecule has 3 atom stereocenters. The Hall–Kier alpha value is -2.15. The van der Waals surface area contributed by atoms with Crippen molar-refractivity contribution >= 4 is 0 Å². The van der Waals surface area contributed by atoms with E-state index in [1.807, 2.05) is 12.1 Å². The van der Waals surface area contributed by atoms with Crippen LogP contribution in [0.4, 0.5) is 0 Å². The van der Waals surface area contributed by atoms with E-state index in [2.05, 4.69) is 72.6 Å². The van der Waals surface area contributed by atoms with Crippen molar-refractivity contribution in [3.05, 3.63) is 71.3 Å². The molecule has 1 N–H and O–H groups in total. The van der Waals surface area contributed by atoms with Crippen LogP contribution in [0.2, 0.25) is 0 Å². The second kappa shape index (κ2) is 7.61. The molecule has 0 spiro atoms. The maximum atomic E-state index is 8.91. The van der Waals surface area contributed by atoms with Gasteiger partial charge in [0, 0.05) is 31.2 Å². The summed E-state index contributed by atoms with van der Waals surface area (Å²) in [6, 6.07) is 22.2. The van der Waals surface area contributed by atoms with Crippen LogP contribution in [-0.4, -0.2) is 23.5 Å². The highest BCUT2D eigenvalue weighted by molar-refractivity contribution is 5.32. The maximum Gasteiger partial charge on any atom is 0.0991 e. The molecule has 0 bridgehead atoms. The van der Waals surface area contributed by atoms with Crippen molar-refractivity contribution in [2.24, 2.45) is 0 Å². The molecule has 3 nitrogen and oxygen atoms in total. The van der Waals surface area contributed by atoms with Crippen molar-refractivity contribution in [2.45, 2.75) is 44.9 Å². The van der Waals surface area contributed by atoms with Crippen molar-refractivity contribution in [1.29, 1.82) is 5.26 Å². The third kappa shape index (κ3) is 4.03. The van der Waals surface area contributed by atoms with Crippen LogP contribution in [0.15, 0.2) is 54.6 Å². The monoisotopic (exact) mass is 319 g/mol. The van der Waals surface area contributed by atoms with Gasteiger partial charge in [-0.25, -0.2) is 0 Å². The van der Waals surface area contributed by atoms with E-state index in [-0.39, 0.29) is 0 Å². The Morgan fingerprint density at radius 1 is 1.17 bits per heavy atom. The van der Waals surface area contributed by atoms with Gasteiger partial charge in [-0.15, -0.1) is 0 Å². The molecule has 0 radical (unpaired) electrons. The molecule has 1 aliphatic heterocycles. The predicted octanol–water partition coefficient (Wildman–Crippen LogP) is 3.87. The summed E-state index contributed by atoms with van der Waals surface area (Å²) in [5.41, 5.74) is 3.34. The minimum atomic E-state index is 0.298. The molecule has 0 saturated carbocycles. The highest BCUT2D eigenvalue weighted by atomic mass is 15.2. The lowest BCUT2D eigenvalue weighted by molar-refractivity contribution is 0.256. The van der Waals surface area contributed by atoms with E-state index in [1.165, 1.54) is 17.5 Å². The molecule has 3 unspecified atom stereocenters. The van der Waals surface area contributed by atoms with Gasteiger partial charge in [0.05, 0.1) is 11.6 Å². The molecule has 1 heterocycles. The summed E-state index contributed by atoms with van der Waals surface area (Å²) >= 11 is 0. The van der Waals surface area contributed by atoms with Gasteiger partial charge < -0.3 is 5.32 Å². The SMILES string of the molecule is CC(NC1CC(C)N(Cc2ccccc2)C1)c1ccc(C#N)cc1. The Kier molecular flexibility index (Phi) is 5.30. The molecule has 2 aromatic carbocycles. The first-order chi connectivity index (χ1) is 11.7. The smallest absolute Gasteiger partial charge is 0.0991 e. The number of nitrogens with zero attached hydrogens (tertiary/aromatic N) is 2. The van der Waals surface area contributed by atoms with Gasteiger partial charge >= 0.3 is 0 Å². The van der Waals surface area contributed by atoms with Gasteiger partial charge in [-0.1, -0.05) is 42.5 Å². The van der Waals surface area contributed by atoms with Crippen LogP contribution in [-0.2, 0) is 6.54 Å². The largest absolute Gasteiger partial charge is 0.306 e. The zero-order chi connectivity index (χ0) is 16.9. The van der Waals surface area contributed by atoms with Crippen molar-refractivity contribution in [3.8, 4) is 6.07 Å². The molecule has 124 valence electrons. The van der Waals surface area contributed by atoms with Gasteiger partial charge in [-0.2, -0.15) is 5.26 Å². The Morgan fingerprint density at radius 3 is 2.54 bits per heavy atom. The second-order valence-electron chi connectivity index (χ2n) is 6.82. The van der Waals surface area contributed by atoms with Crippen LogP contribution in [0.1, 0.15) is 43.0 Å². The number of likely N-dealkylation sites (tertiary alicyclic amines) is 1. The standard InChI is InChI=1S/C21H25N3/c1-16-12-21(15-24(16)14-19-6-4-3-5-7-19)23-17(2)20-10-8-18(13-22)9-11-20/h3-11,16-17,21,23H,12,14-15H2,1-2H3. The fourth-order valence-electron chi connectivity index (χ4n) is 3.55. The minimum Gasteiger partial charge on any atom is -0.306 e. The molecular weight excluding hydrogens is 294 g/mol. The summed E-state index contributed by atoms with van der Waals surface area (Å²) in [6.45, 7) is 6.62. The van der Waals surface area contributed by atoms with Crippen LogP contribution < -0.4 is 5.32 Å². The minimum absolute atomic E-state index is 0.298. The molecular formula is C21H25N3. The Morgan fingerprint density at radius 2 is 1.88 bits per heavy atom. The molecule has 3 rings (SSSR count). The van der Waals surface area contributed by atoms with E-state index in [0.29, 0.717) is 18.1 Å². The summed E-state index contributed by atoms with van der Waals surface area (Å²) in [5, 5.41) is 12.7. The molecule has 0 amide bonds. The normalized spacial score (nSPS) is 22.2. The van der Waals surface area contributed by atoms with Gasteiger partial charge in [-0.05, 0) is 43.5 Å². The van der Waals surface area contributed by atoms with Crippen molar-refractivity contribution in [1.82, 2.24) is 10.2 Å². The van der Waals surface area contributed by atoms with E-state index in [0.717, 1.165) is 18.7 Å². The topological polar surface area (TPSA) is 39.1 Å². The van der Waals surface area contributed by atoms with Crippen molar-refractivity contribution in [2.75, 3.05) is 6.54 Å².